The molecular weight excluding hydrogens is 240 g/mol. The van der Waals surface area contributed by atoms with Gasteiger partial charge in [0.05, 0.1) is 0 Å². The van der Waals surface area contributed by atoms with E-state index in [1.165, 1.54) is 77.0 Å². The minimum atomic E-state index is 0.776. The molecule has 0 amide bonds. The molecule has 0 radical (unpaired) electrons. The van der Waals surface area contributed by atoms with Crippen LogP contribution in [0.4, 0.5) is 0 Å². The molecule has 0 saturated heterocycles. The highest BCUT2D eigenvalue weighted by Gasteiger charge is 2.01. The fourth-order valence-corrected chi connectivity index (χ4v) is 2.59. The second kappa shape index (κ2) is 16.5. The van der Waals surface area contributed by atoms with Gasteiger partial charge in [-0.3, -0.25) is 0 Å². The molecule has 0 spiro atoms. The Kier molecular flexibility index (Phi) is 16.1. The number of rotatable bonds is 14. The van der Waals surface area contributed by atoms with Gasteiger partial charge in [-0.1, -0.05) is 89.5 Å². The van der Waals surface area contributed by atoms with Gasteiger partial charge in [-0.25, -0.2) is 0 Å². The zero-order valence-corrected chi connectivity index (χ0v) is 14.4. The van der Waals surface area contributed by atoms with Gasteiger partial charge in [0, 0.05) is 0 Å². The number of unbranched alkanes of at least 4 members (excludes halogenated alkanes) is 8. The van der Waals surface area contributed by atoms with Crippen molar-refractivity contribution in [2.45, 2.75) is 97.8 Å². The second-order valence-electron chi connectivity index (χ2n) is 6.05. The molecule has 0 nitrogen and oxygen atoms in total. The van der Waals surface area contributed by atoms with Gasteiger partial charge < -0.3 is 0 Å². The van der Waals surface area contributed by atoms with Crippen LogP contribution in [0.3, 0.4) is 0 Å². The number of allylic oxidation sites excluding steroid dienone is 4. The van der Waals surface area contributed by atoms with Gasteiger partial charge in [-0.2, -0.15) is 0 Å². The van der Waals surface area contributed by atoms with Crippen molar-refractivity contribution in [1.29, 1.82) is 0 Å². The monoisotopic (exact) mass is 278 g/mol. The van der Waals surface area contributed by atoms with E-state index >= 15 is 0 Å². The summed E-state index contributed by atoms with van der Waals surface area (Å²) in [6, 6.07) is 0. The lowest BCUT2D eigenvalue weighted by atomic mass is 9.96. The van der Waals surface area contributed by atoms with Crippen LogP contribution < -0.4 is 0 Å². The van der Waals surface area contributed by atoms with Crippen molar-refractivity contribution in [3.05, 3.63) is 24.3 Å². The highest BCUT2D eigenvalue weighted by atomic mass is 14.1. The fourth-order valence-electron chi connectivity index (χ4n) is 2.59. The Morgan fingerprint density at radius 1 is 0.750 bits per heavy atom. The Hall–Kier alpha value is -0.520. The highest BCUT2D eigenvalue weighted by molar-refractivity contribution is 4.93. The summed E-state index contributed by atoms with van der Waals surface area (Å²) in [7, 11) is 0. The van der Waals surface area contributed by atoms with E-state index in [0.29, 0.717) is 0 Å². The van der Waals surface area contributed by atoms with Crippen LogP contribution in [0.5, 0.6) is 0 Å². The van der Waals surface area contributed by atoms with E-state index in [4.69, 9.17) is 0 Å². The van der Waals surface area contributed by atoms with E-state index in [9.17, 15) is 0 Å². The average molecular weight is 279 g/mol. The third-order valence-electron chi connectivity index (χ3n) is 3.99. The second-order valence-corrected chi connectivity index (χ2v) is 6.05. The van der Waals surface area contributed by atoms with Crippen LogP contribution in [0.25, 0.3) is 0 Å². The van der Waals surface area contributed by atoms with Gasteiger partial charge in [-0.05, 0) is 38.5 Å². The minimum Gasteiger partial charge on any atom is -0.0916 e. The summed E-state index contributed by atoms with van der Waals surface area (Å²) in [5.41, 5.74) is 0. The van der Waals surface area contributed by atoms with Crippen molar-refractivity contribution in [3.8, 4) is 0 Å². The van der Waals surface area contributed by atoms with Crippen molar-refractivity contribution < 1.29 is 0 Å². The quantitative estimate of drug-likeness (QED) is 0.228. The van der Waals surface area contributed by atoms with Gasteiger partial charge >= 0.3 is 0 Å². The normalized spacial score (nSPS) is 13.6. The molecule has 0 aliphatic heterocycles. The van der Waals surface area contributed by atoms with Gasteiger partial charge in [0.15, 0.2) is 0 Å². The molecule has 0 heterocycles. The SMILES string of the molecule is CC=CCC(C=CCCCCCCCC)CCCCC. The molecule has 0 aliphatic rings. The van der Waals surface area contributed by atoms with Gasteiger partial charge in [0.25, 0.3) is 0 Å². The zero-order valence-electron chi connectivity index (χ0n) is 14.4. The first kappa shape index (κ1) is 19.5. The molecule has 0 heteroatoms. The smallest absolute Gasteiger partial charge is 0.0199 e. The third kappa shape index (κ3) is 13.9. The largest absolute Gasteiger partial charge is 0.0916 e. The molecule has 0 bridgehead atoms. The van der Waals surface area contributed by atoms with Crippen LogP contribution in [0, 0.1) is 5.92 Å². The molecule has 0 fully saturated rings. The van der Waals surface area contributed by atoms with Crippen LogP contribution in [0.15, 0.2) is 24.3 Å². The summed E-state index contributed by atoms with van der Waals surface area (Å²) in [4.78, 5) is 0. The maximum atomic E-state index is 2.49. The van der Waals surface area contributed by atoms with E-state index in [2.05, 4.69) is 45.1 Å². The van der Waals surface area contributed by atoms with Gasteiger partial charge in [0.1, 0.15) is 0 Å². The Morgan fingerprint density at radius 3 is 2.10 bits per heavy atom. The summed E-state index contributed by atoms with van der Waals surface area (Å²) < 4.78 is 0. The van der Waals surface area contributed by atoms with Gasteiger partial charge in [-0.15, -0.1) is 0 Å². The van der Waals surface area contributed by atoms with Crippen molar-refractivity contribution in [1.82, 2.24) is 0 Å². The maximum absolute atomic E-state index is 2.49. The van der Waals surface area contributed by atoms with Crippen molar-refractivity contribution in [3.63, 3.8) is 0 Å². The molecule has 0 aromatic heterocycles. The standard InChI is InChI=1S/C20H38/c1-4-7-10-11-12-13-14-16-19-20(17-9-6-3)18-15-8-5-2/h6,9,16,19-20H,4-5,7-8,10-15,17-18H2,1-3H3. The summed E-state index contributed by atoms with van der Waals surface area (Å²) >= 11 is 0. The van der Waals surface area contributed by atoms with Crippen LogP contribution in [-0.4, -0.2) is 0 Å². The molecule has 0 saturated carbocycles. The first-order chi connectivity index (χ1) is 9.85. The molecule has 0 aliphatic carbocycles. The summed E-state index contributed by atoms with van der Waals surface area (Å²) in [5, 5.41) is 0. The molecule has 0 rings (SSSR count). The van der Waals surface area contributed by atoms with E-state index in [0.717, 1.165) is 5.92 Å². The minimum absolute atomic E-state index is 0.776. The van der Waals surface area contributed by atoms with Crippen molar-refractivity contribution in [2.24, 2.45) is 5.92 Å². The Morgan fingerprint density at radius 2 is 1.40 bits per heavy atom. The van der Waals surface area contributed by atoms with Gasteiger partial charge in [0.2, 0.25) is 0 Å². The first-order valence-electron chi connectivity index (χ1n) is 9.12. The lowest BCUT2D eigenvalue weighted by Gasteiger charge is -2.09. The maximum Gasteiger partial charge on any atom is -0.0199 e. The third-order valence-corrected chi connectivity index (χ3v) is 3.99. The Balaban J connectivity index is 3.70. The lowest BCUT2D eigenvalue weighted by Crippen LogP contribution is -1.95. The summed E-state index contributed by atoms with van der Waals surface area (Å²) in [5.74, 6) is 0.776. The van der Waals surface area contributed by atoms with E-state index in [1.807, 2.05) is 0 Å². The Labute approximate surface area is 128 Å². The molecule has 20 heavy (non-hydrogen) atoms. The predicted molar refractivity (Wildman–Crippen MR) is 94.2 cm³/mol. The van der Waals surface area contributed by atoms with Crippen LogP contribution in [0.2, 0.25) is 0 Å². The highest BCUT2D eigenvalue weighted by Crippen LogP contribution is 2.17. The molecule has 1 atom stereocenters. The molecule has 0 N–H and O–H groups in total. The predicted octanol–water partition coefficient (Wildman–Crippen LogP) is 7.46. The molecular formula is C20H38. The zero-order chi connectivity index (χ0) is 14.9. The molecule has 0 aromatic rings. The fraction of sp³-hybridized carbons (Fsp3) is 0.800. The lowest BCUT2D eigenvalue weighted by molar-refractivity contribution is 0.542. The van der Waals surface area contributed by atoms with E-state index < -0.39 is 0 Å². The summed E-state index contributed by atoms with van der Waals surface area (Å²) in [6.45, 7) is 6.70. The van der Waals surface area contributed by atoms with Crippen LogP contribution in [-0.2, 0) is 0 Å². The van der Waals surface area contributed by atoms with E-state index in [1.54, 1.807) is 0 Å². The topological polar surface area (TPSA) is 0 Å². The Bertz CT molecular complexity index is 224. The van der Waals surface area contributed by atoms with Crippen molar-refractivity contribution >= 4 is 0 Å². The molecule has 118 valence electrons. The average Bonchev–Trinajstić information content (AvgIpc) is 2.47. The molecule has 1 unspecified atom stereocenters. The van der Waals surface area contributed by atoms with Crippen LogP contribution in [0.1, 0.15) is 97.8 Å². The first-order valence-corrected chi connectivity index (χ1v) is 9.12. The van der Waals surface area contributed by atoms with E-state index in [-0.39, 0.29) is 0 Å². The molecule has 0 aromatic carbocycles. The van der Waals surface area contributed by atoms with Crippen molar-refractivity contribution in [2.75, 3.05) is 0 Å². The number of hydrogen-bond acceptors (Lipinski definition) is 0. The number of hydrogen-bond donors (Lipinski definition) is 0. The van der Waals surface area contributed by atoms with Crippen LogP contribution >= 0.6 is 0 Å². The summed E-state index contributed by atoms with van der Waals surface area (Å²) in [6.07, 6.45) is 25.9.